The zero-order chi connectivity index (χ0) is 15.6. The van der Waals surface area contributed by atoms with Crippen molar-refractivity contribution in [3.05, 3.63) is 47.2 Å². The number of rotatable bonds is 4. The van der Waals surface area contributed by atoms with Crippen LogP contribution in [0.15, 0.2) is 41.3 Å². The first-order valence-corrected chi connectivity index (χ1v) is 7.61. The van der Waals surface area contributed by atoms with Crippen molar-refractivity contribution < 1.29 is 17.5 Å². The average molecular weight is 331 g/mol. The van der Waals surface area contributed by atoms with Gasteiger partial charge in [-0.1, -0.05) is 11.6 Å². The number of benzene rings is 2. The van der Waals surface area contributed by atoms with Gasteiger partial charge in [-0.05, 0) is 36.4 Å². The molecule has 0 atom stereocenters. The second-order valence-electron chi connectivity index (χ2n) is 4.14. The molecule has 3 N–H and O–H groups in total. The minimum absolute atomic E-state index is 0.0591. The van der Waals surface area contributed by atoms with E-state index < -0.39 is 15.8 Å². The van der Waals surface area contributed by atoms with Gasteiger partial charge in [0.2, 0.25) is 0 Å². The van der Waals surface area contributed by atoms with Gasteiger partial charge in [0, 0.05) is 0 Å². The Balaban J connectivity index is 2.33. The second-order valence-corrected chi connectivity index (χ2v) is 6.23. The van der Waals surface area contributed by atoms with Crippen molar-refractivity contribution >= 4 is 33.0 Å². The largest absolute Gasteiger partial charge is 0.495 e. The third-order valence-electron chi connectivity index (χ3n) is 2.68. The number of anilines is 2. The van der Waals surface area contributed by atoms with E-state index in [1.165, 1.54) is 37.4 Å². The lowest BCUT2D eigenvalue weighted by Crippen LogP contribution is -2.13. The van der Waals surface area contributed by atoms with E-state index in [2.05, 4.69) is 4.72 Å². The molecule has 0 saturated carbocycles. The van der Waals surface area contributed by atoms with Crippen LogP contribution in [0.1, 0.15) is 0 Å². The summed E-state index contributed by atoms with van der Waals surface area (Å²) in [4.78, 5) is -0.0591. The van der Waals surface area contributed by atoms with Crippen LogP contribution in [0.2, 0.25) is 5.02 Å². The molecule has 0 aliphatic carbocycles. The Kier molecular flexibility index (Phi) is 4.24. The molecular weight excluding hydrogens is 319 g/mol. The summed E-state index contributed by atoms with van der Waals surface area (Å²) < 4.78 is 44.9. The van der Waals surface area contributed by atoms with Crippen LogP contribution in [0.5, 0.6) is 5.75 Å². The van der Waals surface area contributed by atoms with Crippen molar-refractivity contribution in [2.45, 2.75) is 4.90 Å². The number of hydrogen-bond donors (Lipinski definition) is 2. The third-order valence-corrected chi connectivity index (χ3v) is 4.37. The fourth-order valence-electron chi connectivity index (χ4n) is 1.65. The molecule has 0 spiro atoms. The van der Waals surface area contributed by atoms with E-state index in [0.717, 1.165) is 6.07 Å². The molecule has 0 aliphatic heterocycles. The first-order valence-electron chi connectivity index (χ1n) is 5.75. The lowest BCUT2D eigenvalue weighted by atomic mass is 10.3. The summed E-state index contributed by atoms with van der Waals surface area (Å²) in [5.41, 5.74) is 5.92. The van der Waals surface area contributed by atoms with Gasteiger partial charge in [0.25, 0.3) is 10.0 Å². The smallest absolute Gasteiger partial charge is 0.261 e. The van der Waals surface area contributed by atoms with Crippen molar-refractivity contribution in [1.29, 1.82) is 0 Å². The molecule has 112 valence electrons. The second kappa shape index (κ2) is 5.79. The van der Waals surface area contributed by atoms with Crippen molar-refractivity contribution in [1.82, 2.24) is 0 Å². The number of nitrogens with two attached hydrogens (primary N) is 1. The van der Waals surface area contributed by atoms with Crippen LogP contribution in [0, 0.1) is 5.82 Å². The van der Waals surface area contributed by atoms with Crippen LogP contribution in [0.3, 0.4) is 0 Å². The van der Waals surface area contributed by atoms with E-state index in [0.29, 0.717) is 5.75 Å². The van der Waals surface area contributed by atoms with Crippen LogP contribution in [-0.4, -0.2) is 15.5 Å². The highest BCUT2D eigenvalue weighted by molar-refractivity contribution is 7.92. The molecule has 0 fully saturated rings. The van der Waals surface area contributed by atoms with E-state index in [1.807, 2.05) is 0 Å². The summed E-state index contributed by atoms with van der Waals surface area (Å²) in [7, 11) is -2.46. The predicted octanol–water partition coefficient (Wildman–Crippen LogP) is 2.87. The summed E-state index contributed by atoms with van der Waals surface area (Å²) >= 11 is 5.54. The topological polar surface area (TPSA) is 81.4 Å². The highest BCUT2D eigenvalue weighted by Gasteiger charge is 2.16. The number of ether oxygens (including phenoxy) is 1. The molecule has 2 aromatic rings. The molecular formula is C13H12ClFN2O3S. The monoisotopic (exact) mass is 330 g/mol. The maximum atomic E-state index is 13.3. The molecule has 2 aromatic carbocycles. The van der Waals surface area contributed by atoms with Crippen LogP contribution in [0.25, 0.3) is 0 Å². The minimum atomic E-state index is -3.89. The molecule has 0 aromatic heterocycles. The number of nitrogen functional groups attached to an aromatic ring is 1. The van der Waals surface area contributed by atoms with Crippen molar-refractivity contribution in [2.24, 2.45) is 0 Å². The Bertz CT molecular complexity index is 781. The van der Waals surface area contributed by atoms with E-state index in [9.17, 15) is 12.8 Å². The lowest BCUT2D eigenvalue weighted by Gasteiger charge is -2.10. The van der Waals surface area contributed by atoms with E-state index in [1.54, 1.807) is 0 Å². The summed E-state index contributed by atoms with van der Waals surface area (Å²) in [5.74, 6) is -0.349. The molecule has 0 unspecified atom stereocenters. The van der Waals surface area contributed by atoms with Crippen molar-refractivity contribution in [3.8, 4) is 5.75 Å². The quantitative estimate of drug-likeness (QED) is 0.845. The Morgan fingerprint density at radius 2 is 1.95 bits per heavy atom. The van der Waals surface area contributed by atoms with Gasteiger partial charge in [-0.2, -0.15) is 0 Å². The maximum absolute atomic E-state index is 13.3. The number of nitrogens with one attached hydrogen (secondary N) is 1. The first-order chi connectivity index (χ1) is 9.83. The molecule has 8 heteroatoms. The Hall–Kier alpha value is -1.99. The van der Waals surface area contributed by atoms with Gasteiger partial charge in [-0.3, -0.25) is 4.72 Å². The fraction of sp³-hybridized carbons (Fsp3) is 0.0769. The van der Waals surface area contributed by atoms with Gasteiger partial charge >= 0.3 is 0 Å². The first kappa shape index (κ1) is 15.4. The van der Waals surface area contributed by atoms with Gasteiger partial charge in [-0.25, -0.2) is 12.8 Å². The fourth-order valence-corrected chi connectivity index (χ4v) is 2.86. The molecule has 0 saturated heterocycles. The van der Waals surface area contributed by atoms with E-state index in [-0.39, 0.29) is 21.3 Å². The van der Waals surface area contributed by atoms with Gasteiger partial charge < -0.3 is 10.5 Å². The molecule has 21 heavy (non-hydrogen) atoms. The summed E-state index contributed by atoms with van der Waals surface area (Å²) in [6.45, 7) is 0. The molecule has 5 nitrogen and oxygen atoms in total. The predicted molar refractivity (Wildman–Crippen MR) is 79.6 cm³/mol. The minimum Gasteiger partial charge on any atom is -0.495 e. The summed E-state index contributed by atoms with van der Waals surface area (Å²) in [5, 5.41) is -0.0911. The number of hydrogen-bond acceptors (Lipinski definition) is 4. The Morgan fingerprint density at radius 3 is 2.52 bits per heavy atom. The van der Waals surface area contributed by atoms with Crippen LogP contribution < -0.4 is 15.2 Å². The molecule has 0 heterocycles. The van der Waals surface area contributed by atoms with Crippen molar-refractivity contribution in [2.75, 3.05) is 17.6 Å². The maximum Gasteiger partial charge on any atom is 0.261 e. The number of methoxy groups -OCH3 is 1. The highest BCUT2D eigenvalue weighted by atomic mass is 35.5. The van der Waals surface area contributed by atoms with Gasteiger partial charge in [0.15, 0.2) is 0 Å². The SMILES string of the molecule is COc1ccc(S(=O)(=O)Nc2ccc(Cl)c(F)c2)cc1N. The van der Waals surface area contributed by atoms with E-state index in [4.69, 9.17) is 22.1 Å². The van der Waals surface area contributed by atoms with Crippen molar-refractivity contribution in [3.63, 3.8) is 0 Å². The third kappa shape index (κ3) is 3.37. The Labute approximate surface area is 126 Å². The molecule has 2 rings (SSSR count). The van der Waals surface area contributed by atoms with Gasteiger partial charge in [-0.15, -0.1) is 0 Å². The zero-order valence-electron chi connectivity index (χ0n) is 10.9. The lowest BCUT2D eigenvalue weighted by molar-refractivity contribution is 0.416. The Morgan fingerprint density at radius 1 is 1.24 bits per heavy atom. The van der Waals surface area contributed by atoms with Gasteiger partial charge in [0.05, 0.1) is 28.4 Å². The standard InChI is InChI=1S/C13H12ClFN2O3S/c1-20-13-5-3-9(7-12(13)16)21(18,19)17-8-2-4-10(14)11(15)6-8/h2-7,17H,16H2,1H3. The molecule has 0 aliphatic rings. The normalized spacial score (nSPS) is 11.2. The number of halogens is 2. The average Bonchev–Trinajstić information content (AvgIpc) is 2.42. The molecule has 0 bridgehead atoms. The zero-order valence-corrected chi connectivity index (χ0v) is 12.5. The summed E-state index contributed by atoms with van der Waals surface area (Å²) in [6.07, 6.45) is 0. The van der Waals surface area contributed by atoms with E-state index >= 15 is 0 Å². The summed E-state index contributed by atoms with van der Waals surface area (Å²) in [6, 6.07) is 7.64. The molecule has 0 amide bonds. The highest BCUT2D eigenvalue weighted by Crippen LogP contribution is 2.26. The van der Waals surface area contributed by atoms with Gasteiger partial charge in [0.1, 0.15) is 11.6 Å². The number of sulfonamides is 1. The van der Waals surface area contributed by atoms with Crippen LogP contribution >= 0.6 is 11.6 Å². The van der Waals surface area contributed by atoms with Crippen LogP contribution in [0.4, 0.5) is 15.8 Å². The molecule has 0 radical (unpaired) electrons. The van der Waals surface area contributed by atoms with Crippen LogP contribution in [-0.2, 0) is 10.0 Å².